The Hall–Kier alpha value is -1.81. The third kappa shape index (κ3) is 9.30. The van der Waals surface area contributed by atoms with Crippen molar-refractivity contribution in [3.05, 3.63) is 35.9 Å². The summed E-state index contributed by atoms with van der Waals surface area (Å²) in [6.45, 7) is 7.34. The minimum atomic E-state index is -0.488. The summed E-state index contributed by atoms with van der Waals surface area (Å²) in [5.41, 5.74) is 0.941. The lowest BCUT2D eigenvalue weighted by Gasteiger charge is -2.15. The van der Waals surface area contributed by atoms with Crippen molar-refractivity contribution in [3.63, 3.8) is 0 Å². The van der Waals surface area contributed by atoms with Crippen molar-refractivity contribution in [2.45, 2.75) is 59.0 Å². The van der Waals surface area contributed by atoms with Crippen LogP contribution in [0.3, 0.4) is 0 Å². The van der Waals surface area contributed by atoms with Crippen molar-refractivity contribution in [3.8, 4) is 5.75 Å². The van der Waals surface area contributed by atoms with Gasteiger partial charge in [-0.15, -0.1) is 0 Å². The van der Waals surface area contributed by atoms with E-state index in [0.29, 0.717) is 12.3 Å². The lowest BCUT2D eigenvalue weighted by Crippen LogP contribution is -2.30. The fraction of sp³-hybridized carbons (Fsp3) is 0.571. The Morgan fingerprint density at radius 1 is 1.20 bits per heavy atom. The van der Waals surface area contributed by atoms with Crippen LogP contribution in [0.5, 0.6) is 5.75 Å². The number of unbranched alkanes of at least 4 members (excludes halogenated alkanes) is 1. The van der Waals surface area contributed by atoms with Gasteiger partial charge in [0.2, 0.25) is 5.91 Å². The summed E-state index contributed by atoms with van der Waals surface area (Å²) in [6.07, 6.45) is 8.22. The molecule has 0 aliphatic carbocycles. The molecule has 0 saturated carbocycles. The second kappa shape index (κ2) is 12.5. The van der Waals surface area contributed by atoms with Gasteiger partial charge < -0.3 is 15.2 Å². The van der Waals surface area contributed by atoms with Crippen LogP contribution in [0.2, 0.25) is 0 Å². The molecule has 140 valence electrons. The van der Waals surface area contributed by atoms with Crippen molar-refractivity contribution < 1.29 is 14.6 Å². The Balaban J connectivity index is 2.42. The number of aliphatic hydroxyl groups is 1. The van der Waals surface area contributed by atoms with E-state index in [1.54, 1.807) is 6.08 Å². The summed E-state index contributed by atoms with van der Waals surface area (Å²) in [5, 5.41) is 12.1. The number of nitrogens with one attached hydrogen (secondary N) is 1. The van der Waals surface area contributed by atoms with Gasteiger partial charge in [0.1, 0.15) is 5.75 Å². The van der Waals surface area contributed by atoms with E-state index in [9.17, 15) is 9.90 Å². The van der Waals surface area contributed by atoms with E-state index in [1.807, 2.05) is 31.2 Å². The molecule has 0 aliphatic rings. The van der Waals surface area contributed by atoms with Crippen molar-refractivity contribution in [1.82, 2.24) is 5.32 Å². The first kappa shape index (κ1) is 21.2. The van der Waals surface area contributed by atoms with Gasteiger partial charge in [-0.3, -0.25) is 4.79 Å². The van der Waals surface area contributed by atoms with E-state index in [0.717, 1.165) is 24.3 Å². The number of carbonyl (C=O) groups is 1. The van der Waals surface area contributed by atoms with Crippen molar-refractivity contribution >= 4 is 12.0 Å². The average Bonchev–Trinajstić information content (AvgIpc) is 2.65. The predicted molar refractivity (Wildman–Crippen MR) is 104 cm³/mol. The maximum Gasteiger partial charge on any atom is 0.244 e. The largest absolute Gasteiger partial charge is 0.493 e. The monoisotopic (exact) mass is 347 g/mol. The molecule has 4 heteroatoms. The highest BCUT2D eigenvalue weighted by Gasteiger charge is 2.07. The Labute approximate surface area is 152 Å². The van der Waals surface area contributed by atoms with Crippen LogP contribution in [-0.4, -0.2) is 30.3 Å². The molecular weight excluding hydrogens is 314 g/mol. The molecule has 0 radical (unpaired) electrons. The van der Waals surface area contributed by atoms with E-state index in [1.165, 1.54) is 25.3 Å². The maximum absolute atomic E-state index is 11.7. The van der Waals surface area contributed by atoms with Crippen molar-refractivity contribution in [2.75, 3.05) is 13.2 Å². The fourth-order valence-corrected chi connectivity index (χ4v) is 2.38. The van der Waals surface area contributed by atoms with Gasteiger partial charge in [-0.1, -0.05) is 52.2 Å². The molecule has 2 atom stereocenters. The molecule has 0 saturated heterocycles. The van der Waals surface area contributed by atoms with E-state index in [-0.39, 0.29) is 12.5 Å². The van der Waals surface area contributed by atoms with Gasteiger partial charge in [0, 0.05) is 12.6 Å². The normalized spacial score (nSPS) is 13.6. The van der Waals surface area contributed by atoms with Crippen LogP contribution in [0.1, 0.15) is 58.4 Å². The molecule has 0 spiro atoms. The zero-order valence-electron chi connectivity index (χ0n) is 15.8. The van der Waals surface area contributed by atoms with E-state index in [4.69, 9.17) is 4.74 Å². The molecule has 1 aromatic carbocycles. The van der Waals surface area contributed by atoms with E-state index >= 15 is 0 Å². The molecule has 0 fully saturated rings. The lowest BCUT2D eigenvalue weighted by atomic mass is 10.0. The molecule has 0 aliphatic heterocycles. The van der Waals surface area contributed by atoms with Crippen LogP contribution in [0.4, 0.5) is 0 Å². The first-order valence-corrected chi connectivity index (χ1v) is 9.45. The SMILES string of the molecule is CCCCC(CC)COc1ccc(/C=C/C(=O)NCC(O)CC)cc1. The Morgan fingerprint density at radius 2 is 1.92 bits per heavy atom. The Morgan fingerprint density at radius 3 is 2.52 bits per heavy atom. The Bertz CT molecular complexity index is 510. The number of carbonyl (C=O) groups excluding carboxylic acids is 1. The summed E-state index contributed by atoms with van der Waals surface area (Å²) in [5.74, 6) is 1.28. The van der Waals surface area contributed by atoms with E-state index < -0.39 is 6.10 Å². The van der Waals surface area contributed by atoms with Crippen LogP contribution in [0.25, 0.3) is 6.08 Å². The standard InChI is InChI=1S/C21H33NO3/c1-4-7-8-17(5-2)16-25-20-12-9-18(10-13-20)11-14-21(24)22-15-19(23)6-3/h9-14,17,19,23H,4-8,15-16H2,1-3H3,(H,22,24)/b14-11+. The topological polar surface area (TPSA) is 58.6 Å². The van der Waals surface area contributed by atoms with Gasteiger partial charge in [0.25, 0.3) is 0 Å². The second-order valence-electron chi connectivity index (χ2n) is 6.44. The van der Waals surface area contributed by atoms with Gasteiger partial charge in [-0.05, 0) is 42.5 Å². The highest BCUT2D eigenvalue weighted by molar-refractivity contribution is 5.91. The van der Waals surface area contributed by atoms with Crippen LogP contribution in [0.15, 0.2) is 30.3 Å². The molecule has 1 amide bonds. The third-order valence-electron chi connectivity index (χ3n) is 4.32. The van der Waals surface area contributed by atoms with Crippen molar-refractivity contribution in [2.24, 2.45) is 5.92 Å². The first-order chi connectivity index (χ1) is 12.1. The molecule has 1 aromatic rings. The highest BCUT2D eigenvalue weighted by Crippen LogP contribution is 2.17. The third-order valence-corrected chi connectivity index (χ3v) is 4.32. The van der Waals surface area contributed by atoms with Gasteiger partial charge in [-0.25, -0.2) is 0 Å². The minimum absolute atomic E-state index is 0.200. The molecule has 1 rings (SSSR count). The highest BCUT2D eigenvalue weighted by atomic mass is 16.5. The summed E-state index contributed by atoms with van der Waals surface area (Å²) >= 11 is 0. The lowest BCUT2D eigenvalue weighted by molar-refractivity contribution is -0.116. The van der Waals surface area contributed by atoms with Gasteiger partial charge in [-0.2, -0.15) is 0 Å². The molecule has 0 heterocycles. The molecular formula is C21H33NO3. The average molecular weight is 347 g/mol. The van der Waals surface area contributed by atoms with Gasteiger partial charge in [0.05, 0.1) is 12.7 Å². The number of hydrogen-bond acceptors (Lipinski definition) is 3. The molecule has 0 bridgehead atoms. The van der Waals surface area contributed by atoms with Crippen LogP contribution < -0.4 is 10.1 Å². The zero-order chi connectivity index (χ0) is 18.5. The van der Waals surface area contributed by atoms with Gasteiger partial charge >= 0.3 is 0 Å². The molecule has 4 nitrogen and oxygen atoms in total. The number of rotatable bonds is 12. The summed E-state index contributed by atoms with van der Waals surface area (Å²) in [7, 11) is 0. The molecule has 25 heavy (non-hydrogen) atoms. The number of benzene rings is 1. The first-order valence-electron chi connectivity index (χ1n) is 9.45. The number of amides is 1. The number of ether oxygens (including phenoxy) is 1. The van der Waals surface area contributed by atoms with Crippen LogP contribution in [0, 0.1) is 5.92 Å². The smallest absolute Gasteiger partial charge is 0.244 e. The number of hydrogen-bond donors (Lipinski definition) is 2. The van der Waals surface area contributed by atoms with Gasteiger partial charge in [0.15, 0.2) is 0 Å². The van der Waals surface area contributed by atoms with Crippen LogP contribution in [-0.2, 0) is 4.79 Å². The predicted octanol–water partition coefficient (Wildman–Crippen LogP) is 4.18. The summed E-state index contributed by atoms with van der Waals surface area (Å²) in [4.78, 5) is 11.7. The quantitative estimate of drug-likeness (QED) is 0.558. The number of aliphatic hydroxyl groups excluding tert-OH is 1. The van der Waals surface area contributed by atoms with E-state index in [2.05, 4.69) is 19.2 Å². The summed E-state index contributed by atoms with van der Waals surface area (Å²) in [6, 6.07) is 7.75. The van der Waals surface area contributed by atoms with Crippen LogP contribution >= 0.6 is 0 Å². The fourth-order valence-electron chi connectivity index (χ4n) is 2.38. The maximum atomic E-state index is 11.7. The Kier molecular flexibility index (Phi) is 10.6. The van der Waals surface area contributed by atoms with Crippen molar-refractivity contribution in [1.29, 1.82) is 0 Å². The zero-order valence-corrected chi connectivity index (χ0v) is 15.8. The second-order valence-corrected chi connectivity index (χ2v) is 6.44. The summed E-state index contributed by atoms with van der Waals surface area (Å²) < 4.78 is 5.88. The molecule has 2 unspecified atom stereocenters. The molecule has 0 aromatic heterocycles. The molecule has 2 N–H and O–H groups in total. The minimum Gasteiger partial charge on any atom is -0.493 e.